The summed E-state index contributed by atoms with van der Waals surface area (Å²) in [6.07, 6.45) is 0.421. The van der Waals surface area contributed by atoms with Gasteiger partial charge in [0.1, 0.15) is 11.5 Å². The molecule has 202 valence electrons. The topological polar surface area (TPSA) is 111 Å². The quantitative estimate of drug-likeness (QED) is 0.299. The number of aliphatic carboxylic acids is 1. The van der Waals surface area contributed by atoms with Crippen molar-refractivity contribution in [2.45, 2.75) is 19.4 Å². The molecule has 0 radical (unpaired) electrons. The second kappa shape index (κ2) is 12.4. The van der Waals surface area contributed by atoms with Crippen LogP contribution in [0.1, 0.15) is 24.9 Å². The Bertz CT molecular complexity index is 1380. The maximum atomic E-state index is 12.9. The Hall–Kier alpha value is -4.50. The Kier molecular flexibility index (Phi) is 8.73. The summed E-state index contributed by atoms with van der Waals surface area (Å²) < 4.78 is 5.77. The van der Waals surface area contributed by atoms with E-state index in [9.17, 15) is 19.5 Å². The van der Waals surface area contributed by atoms with Crippen LogP contribution in [0.2, 0.25) is 5.02 Å². The number of halogens is 1. The maximum absolute atomic E-state index is 12.9. The molecule has 3 aromatic rings. The Morgan fingerprint density at radius 2 is 1.74 bits per heavy atom. The van der Waals surface area contributed by atoms with Gasteiger partial charge in [0.15, 0.2) is 0 Å². The monoisotopic (exact) mass is 548 g/mol. The summed E-state index contributed by atoms with van der Waals surface area (Å²) in [5.74, 6) is 0.237. The third-order valence-corrected chi connectivity index (χ3v) is 6.50. The number of nitrogens with one attached hydrogen (secondary N) is 2. The number of rotatable bonds is 9. The number of urea groups is 2. The number of hydrogen-bond donors (Lipinski definition) is 3. The molecule has 10 heteroatoms. The van der Waals surface area contributed by atoms with Gasteiger partial charge in [-0.05, 0) is 67.4 Å². The molecule has 4 amide bonds. The van der Waals surface area contributed by atoms with Gasteiger partial charge in [0.2, 0.25) is 0 Å². The van der Waals surface area contributed by atoms with E-state index in [4.69, 9.17) is 16.3 Å². The fourth-order valence-corrected chi connectivity index (χ4v) is 4.54. The number of amides is 4. The van der Waals surface area contributed by atoms with Crippen molar-refractivity contribution in [2.24, 2.45) is 0 Å². The highest BCUT2D eigenvalue weighted by molar-refractivity contribution is 6.30. The summed E-state index contributed by atoms with van der Waals surface area (Å²) in [6.45, 7) is 2.11. The Balaban J connectivity index is 1.36. The van der Waals surface area contributed by atoms with Crippen molar-refractivity contribution in [3.63, 3.8) is 0 Å². The average Bonchev–Trinajstić information content (AvgIpc) is 2.91. The third-order valence-electron chi connectivity index (χ3n) is 6.26. The summed E-state index contributed by atoms with van der Waals surface area (Å²) in [7, 11) is 1.65. The molecule has 3 N–H and O–H groups in total. The van der Waals surface area contributed by atoms with Gasteiger partial charge in [-0.1, -0.05) is 41.9 Å². The summed E-state index contributed by atoms with van der Waals surface area (Å²) in [4.78, 5) is 40.7. The van der Waals surface area contributed by atoms with E-state index in [1.807, 2.05) is 30.3 Å². The molecule has 0 spiro atoms. The van der Waals surface area contributed by atoms with Crippen molar-refractivity contribution in [2.75, 3.05) is 25.5 Å². The number of ether oxygens (including phenoxy) is 1. The number of nitrogens with zero attached hydrogens (tertiary/aromatic N) is 2. The van der Waals surface area contributed by atoms with Gasteiger partial charge in [-0.25, -0.2) is 14.4 Å². The minimum Gasteiger partial charge on any atom is -0.478 e. The van der Waals surface area contributed by atoms with Crippen molar-refractivity contribution in [1.82, 2.24) is 15.1 Å². The SMILES string of the molecule is CC1=C(C(=O)O)C(c2cccc(Cl)c2)N(CCCN(C)C(=O)Nc2ccc(Oc3ccccc3)cc2)C(=O)N1. The molecule has 0 saturated carbocycles. The van der Waals surface area contributed by atoms with Crippen LogP contribution < -0.4 is 15.4 Å². The zero-order chi connectivity index (χ0) is 27.9. The molecule has 9 nitrogen and oxygen atoms in total. The van der Waals surface area contributed by atoms with E-state index in [0.717, 1.165) is 5.75 Å². The van der Waals surface area contributed by atoms with Crippen molar-refractivity contribution < 1.29 is 24.2 Å². The molecule has 4 rings (SSSR count). The Morgan fingerprint density at radius 1 is 1.05 bits per heavy atom. The first-order valence-corrected chi connectivity index (χ1v) is 12.7. The molecular weight excluding hydrogens is 520 g/mol. The number of hydrogen-bond acceptors (Lipinski definition) is 4. The number of anilines is 1. The maximum Gasteiger partial charge on any atom is 0.335 e. The van der Waals surface area contributed by atoms with E-state index in [1.165, 1.54) is 9.80 Å². The number of carboxylic acids is 1. The molecule has 0 bridgehead atoms. The van der Waals surface area contributed by atoms with E-state index >= 15 is 0 Å². The first-order valence-electron chi connectivity index (χ1n) is 12.3. The normalized spacial score (nSPS) is 15.0. The van der Waals surface area contributed by atoms with Crippen LogP contribution in [0.15, 0.2) is 90.1 Å². The van der Waals surface area contributed by atoms with Crippen molar-refractivity contribution >= 4 is 35.3 Å². The average molecular weight is 549 g/mol. The number of carbonyl (C=O) groups is 3. The highest BCUT2D eigenvalue weighted by Crippen LogP contribution is 2.34. The van der Waals surface area contributed by atoms with Crippen LogP contribution in [-0.4, -0.2) is 53.1 Å². The predicted octanol–water partition coefficient (Wildman–Crippen LogP) is 6.11. The van der Waals surface area contributed by atoms with Crippen molar-refractivity contribution in [3.8, 4) is 11.5 Å². The fraction of sp³-hybridized carbons (Fsp3) is 0.207. The molecule has 3 aromatic carbocycles. The zero-order valence-electron chi connectivity index (χ0n) is 21.6. The van der Waals surface area contributed by atoms with Crippen LogP contribution >= 0.6 is 11.6 Å². The first kappa shape index (κ1) is 27.5. The van der Waals surface area contributed by atoms with E-state index in [0.29, 0.717) is 35.0 Å². The predicted molar refractivity (Wildman–Crippen MR) is 149 cm³/mol. The fourth-order valence-electron chi connectivity index (χ4n) is 4.34. The third kappa shape index (κ3) is 6.88. The lowest BCUT2D eigenvalue weighted by molar-refractivity contribution is -0.133. The smallest absolute Gasteiger partial charge is 0.335 e. The van der Waals surface area contributed by atoms with Gasteiger partial charge in [-0.2, -0.15) is 0 Å². The van der Waals surface area contributed by atoms with E-state index in [-0.39, 0.29) is 23.8 Å². The van der Waals surface area contributed by atoms with Crippen molar-refractivity contribution in [3.05, 3.63) is 101 Å². The van der Waals surface area contributed by atoms with Crippen LogP contribution in [0.3, 0.4) is 0 Å². The van der Waals surface area contributed by atoms with Crippen molar-refractivity contribution in [1.29, 1.82) is 0 Å². The molecular formula is C29H29ClN4O5. The van der Waals surface area contributed by atoms with Gasteiger partial charge in [-0.15, -0.1) is 0 Å². The van der Waals surface area contributed by atoms with Gasteiger partial charge < -0.3 is 30.3 Å². The molecule has 1 atom stereocenters. The molecule has 0 saturated heterocycles. The number of carboxylic acid groups (broad SMARTS) is 1. The lowest BCUT2D eigenvalue weighted by atomic mass is 9.93. The summed E-state index contributed by atoms with van der Waals surface area (Å²) in [5, 5.41) is 15.8. The van der Waals surface area contributed by atoms with E-state index in [1.54, 1.807) is 62.5 Å². The van der Waals surface area contributed by atoms with E-state index in [2.05, 4.69) is 10.6 Å². The highest BCUT2D eigenvalue weighted by atomic mass is 35.5. The number of para-hydroxylation sites is 1. The van der Waals surface area contributed by atoms with E-state index < -0.39 is 18.0 Å². The molecule has 39 heavy (non-hydrogen) atoms. The number of carbonyl (C=O) groups excluding carboxylic acids is 2. The first-order chi connectivity index (χ1) is 18.7. The van der Waals surface area contributed by atoms with Gasteiger partial charge in [-0.3, -0.25) is 0 Å². The lowest BCUT2D eigenvalue weighted by Gasteiger charge is -2.37. The van der Waals surface area contributed by atoms with Crippen LogP contribution in [0.4, 0.5) is 15.3 Å². The Labute approximate surface area is 231 Å². The standard InChI is InChI=1S/C29H29ClN4O5/c1-19-25(27(35)36)26(20-8-6-9-21(30)18-20)34(29(38)31-19)17-7-16-33(2)28(37)32-22-12-14-24(15-13-22)39-23-10-4-3-5-11-23/h3-6,8-15,18,26H,7,16-17H2,1-2H3,(H,31,38)(H,32,37)(H,35,36). The molecule has 0 fully saturated rings. The van der Waals surface area contributed by atoms with Gasteiger partial charge in [0.25, 0.3) is 0 Å². The largest absolute Gasteiger partial charge is 0.478 e. The van der Waals surface area contributed by atoms with Gasteiger partial charge in [0.05, 0.1) is 11.6 Å². The molecule has 1 aliphatic rings. The molecule has 1 unspecified atom stereocenters. The lowest BCUT2D eigenvalue weighted by Crippen LogP contribution is -2.49. The van der Waals surface area contributed by atoms with Crippen LogP contribution in [0.5, 0.6) is 11.5 Å². The molecule has 0 aromatic heterocycles. The van der Waals surface area contributed by atoms with Gasteiger partial charge >= 0.3 is 18.0 Å². The summed E-state index contributed by atoms with van der Waals surface area (Å²) >= 11 is 6.16. The van der Waals surface area contributed by atoms with Crippen LogP contribution in [0, 0.1) is 0 Å². The molecule has 1 aliphatic heterocycles. The molecule has 1 heterocycles. The van der Waals surface area contributed by atoms with Crippen LogP contribution in [-0.2, 0) is 4.79 Å². The number of benzene rings is 3. The van der Waals surface area contributed by atoms with Gasteiger partial charge in [0, 0.05) is 36.5 Å². The number of allylic oxidation sites excluding steroid dienone is 1. The van der Waals surface area contributed by atoms with Crippen LogP contribution in [0.25, 0.3) is 0 Å². The second-order valence-electron chi connectivity index (χ2n) is 9.07. The summed E-state index contributed by atoms with van der Waals surface area (Å²) in [5.41, 5.74) is 1.56. The minimum absolute atomic E-state index is 0.0719. The zero-order valence-corrected chi connectivity index (χ0v) is 22.3. The molecule has 0 aliphatic carbocycles. The minimum atomic E-state index is -1.13. The highest BCUT2D eigenvalue weighted by Gasteiger charge is 2.37. The Morgan fingerprint density at radius 3 is 2.41 bits per heavy atom. The second-order valence-corrected chi connectivity index (χ2v) is 9.51. The summed E-state index contributed by atoms with van der Waals surface area (Å²) in [6, 6.07) is 21.7.